The molecule has 0 saturated carbocycles. The number of nitrogens with zero attached hydrogens (tertiary/aromatic N) is 2. The largest absolute Gasteiger partial charge is 0.480 e. The van der Waals surface area contributed by atoms with E-state index in [2.05, 4.69) is 21.4 Å². The molecule has 0 fully saturated rings. The lowest BCUT2D eigenvalue weighted by Crippen LogP contribution is -2.40. The number of aromatic nitrogens is 2. The minimum absolute atomic E-state index is 0.0533. The number of hydrogen-bond acceptors (Lipinski definition) is 5. The van der Waals surface area contributed by atoms with Crippen LogP contribution in [-0.2, 0) is 22.4 Å². The number of aryl methyl sites for hydroxylation is 2. The van der Waals surface area contributed by atoms with E-state index in [-0.39, 0.29) is 19.3 Å². The lowest BCUT2D eigenvalue weighted by atomic mass is 10.2. The zero-order valence-corrected chi connectivity index (χ0v) is 11.3. The van der Waals surface area contributed by atoms with Crippen molar-refractivity contribution in [2.45, 2.75) is 45.1 Å². The van der Waals surface area contributed by atoms with E-state index in [4.69, 9.17) is 16.1 Å². The summed E-state index contributed by atoms with van der Waals surface area (Å²) in [5.41, 5.74) is 0. The predicted octanol–water partition coefficient (Wildman–Crippen LogP) is 0.547. The van der Waals surface area contributed by atoms with Crippen LogP contribution in [0.15, 0.2) is 4.52 Å². The molecule has 1 heterocycles. The summed E-state index contributed by atoms with van der Waals surface area (Å²) in [5, 5.41) is 15.0. The number of aliphatic carboxylic acids is 1. The van der Waals surface area contributed by atoms with Crippen molar-refractivity contribution in [3.8, 4) is 12.3 Å². The van der Waals surface area contributed by atoms with Gasteiger partial charge in [-0.05, 0) is 6.42 Å². The van der Waals surface area contributed by atoms with Gasteiger partial charge >= 0.3 is 5.97 Å². The van der Waals surface area contributed by atoms with Crippen LogP contribution in [0.2, 0.25) is 0 Å². The smallest absolute Gasteiger partial charge is 0.327 e. The number of carbonyl (C=O) groups is 2. The Morgan fingerprint density at radius 1 is 1.50 bits per heavy atom. The molecule has 0 aliphatic heterocycles. The second kappa shape index (κ2) is 7.94. The maximum atomic E-state index is 11.6. The molecule has 1 atom stereocenters. The number of hydrogen-bond donors (Lipinski definition) is 2. The molecule has 0 aromatic carbocycles. The van der Waals surface area contributed by atoms with Gasteiger partial charge in [-0.3, -0.25) is 4.79 Å². The molecule has 1 amide bonds. The molecule has 2 N–H and O–H groups in total. The van der Waals surface area contributed by atoms with Crippen molar-refractivity contribution in [2.75, 3.05) is 0 Å². The van der Waals surface area contributed by atoms with Crippen LogP contribution in [0, 0.1) is 12.3 Å². The quantitative estimate of drug-likeness (QED) is 0.673. The maximum Gasteiger partial charge on any atom is 0.327 e. The average Bonchev–Trinajstić information content (AvgIpc) is 2.84. The van der Waals surface area contributed by atoms with E-state index in [9.17, 15) is 9.59 Å². The fraction of sp³-hybridized carbons (Fsp3) is 0.538. The molecule has 108 valence electrons. The van der Waals surface area contributed by atoms with Crippen molar-refractivity contribution < 1.29 is 19.2 Å². The van der Waals surface area contributed by atoms with E-state index < -0.39 is 17.9 Å². The van der Waals surface area contributed by atoms with Gasteiger partial charge in [-0.1, -0.05) is 12.1 Å². The first-order valence-electron chi connectivity index (χ1n) is 6.33. The SMILES string of the molecule is C#CCC(NC(=O)CCc1nc(CCC)no1)C(=O)O. The van der Waals surface area contributed by atoms with Crippen molar-refractivity contribution in [1.82, 2.24) is 15.5 Å². The van der Waals surface area contributed by atoms with Gasteiger partial charge in [0.25, 0.3) is 0 Å². The zero-order chi connectivity index (χ0) is 15.0. The molecular formula is C13H17N3O4. The minimum Gasteiger partial charge on any atom is -0.480 e. The van der Waals surface area contributed by atoms with Gasteiger partial charge in [0.05, 0.1) is 0 Å². The summed E-state index contributed by atoms with van der Waals surface area (Å²) in [5.74, 6) is 1.62. The van der Waals surface area contributed by atoms with E-state index in [1.54, 1.807) is 0 Å². The van der Waals surface area contributed by atoms with Crippen molar-refractivity contribution >= 4 is 11.9 Å². The number of amides is 1. The summed E-state index contributed by atoms with van der Waals surface area (Å²) in [6.45, 7) is 2.00. The lowest BCUT2D eigenvalue weighted by molar-refractivity contribution is -0.141. The van der Waals surface area contributed by atoms with Crippen molar-refractivity contribution in [1.29, 1.82) is 0 Å². The molecule has 0 bridgehead atoms. The highest BCUT2D eigenvalue weighted by atomic mass is 16.5. The number of rotatable bonds is 8. The molecular weight excluding hydrogens is 262 g/mol. The number of carboxylic acid groups (broad SMARTS) is 1. The van der Waals surface area contributed by atoms with Gasteiger partial charge in [0.1, 0.15) is 6.04 Å². The number of carboxylic acids is 1. The molecule has 1 aromatic heterocycles. The lowest BCUT2D eigenvalue weighted by Gasteiger charge is -2.10. The normalized spacial score (nSPS) is 11.6. The summed E-state index contributed by atoms with van der Waals surface area (Å²) in [7, 11) is 0. The van der Waals surface area contributed by atoms with E-state index in [0.29, 0.717) is 11.7 Å². The summed E-state index contributed by atoms with van der Waals surface area (Å²) in [4.78, 5) is 26.5. The van der Waals surface area contributed by atoms with Crippen LogP contribution in [0.4, 0.5) is 0 Å². The molecule has 7 heteroatoms. The predicted molar refractivity (Wildman–Crippen MR) is 69.6 cm³/mol. The number of nitrogens with one attached hydrogen (secondary N) is 1. The highest BCUT2D eigenvalue weighted by molar-refractivity contribution is 5.83. The van der Waals surface area contributed by atoms with Crippen LogP contribution in [0.1, 0.15) is 37.9 Å². The Balaban J connectivity index is 2.42. The Kier molecular flexibility index (Phi) is 6.23. The van der Waals surface area contributed by atoms with E-state index in [1.165, 1.54) is 0 Å². The molecule has 0 radical (unpaired) electrons. The van der Waals surface area contributed by atoms with Crippen LogP contribution in [0.3, 0.4) is 0 Å². The second-order valence-electron chi connectivity index (χ2n) is 4.22. The van der Waals surface area contributed by atoms with Crippen LogP contribution in [-0.4, -0.2) is 33.2 Å². The fourth-order valence-corrected chi connectivity index (χ4v) is 1.52. The van der Waals surface area contributed by atoms with Gasteiger partial charge in [0.15, 0.2) is 5.82 Å². The molecule has 1 aromatic rings. The van der Waals surface area contributed by atoms with Gasteiger partial charge in [-0.25, -0.2) is 4.79 Å². The van der Waals surface area contributed by atoms with Crippen molar-refractivity contribution in [3.63, 3.8) is 0 Å². The van der Waals surface area contributed by atoms with Crippen molar-refractivity contribution in [3.05, 3.63) is 11.7 Å². The van der Waals surface area contributed by atoms with Crippen LogP contribution >= 0.6 is 0 Å². The van der Waals surface area contributed by atoms with Crippen LogP contribution in [0.25, 0.3) is 0 Å². The first-order valence-corrected chi connectivity index (χ1v) is 6.33. The van der Waals surface area contributed by atoms with E-state index >= 15 is 0 Å². The molecule has 0 aliphatic carbocycles. The van der Waals surface area contributed by atoms with Crippen LogP contribution in [0.5, 0.6) is 0 Å². The van der Waals surface area contributed by atoms with E-state index in [1.807, 2.05) is 6.92 Å². The summed E-state index contributed by atoms with van der Waals surface area (Å²) < 4.78 is 4.98. The Bertz CT molecular complexity index is 504. The van der Waals surface area contributed by atoms with Crippen molar-refractivity contribution in [2.24, 2.45) is 0 Å². The van der Waals surface area contributed by atoms with Gasteiger partial charge < -0.3 is 14.9 Å². The fourth-order valence-electron chi connectivity index (χ4n) is 1.52. The Labute approximate surface area is 116 Å². The van der Waals surface area contributed by atoms with Gasteiger partial charge in [0, 0.05) is 25.7 Å². The summed E-state index contributed by atoms with van der Waals surface area (Å²) in [6, 6.07) is -1.06. The molecule has 1 unspecified atom stereocenters. The molecule has 1 rings (SSSR count). The minimum atomic E-state index is -1.15. The Morgan fingerprint density at radius 2 is 2.25 bits per heavy atom. The van der Waals surface area contributed by atoms with Crippen LogP contribution < -0.4 is 5.32 Å². The first kappa shape index (κ1) is 15.7. The monoisotopic (exact) mass is 279 g/mol. The van der Waals surface area contributed by atoms with Gasteiger partial charge in [0.2, 0.25) is 11.8 Å². The molecule has 0 aliphatic rings. The molecule has 0 saturated heterocycles. The summed E-state index contributed by atoms with van der Waals surface area (Å²) >= 11 is 0. The number of carbonyl (C=O) groups excluding carboxylic acids is 1. The average molecular weight is 279 g/mol. The highest BCUT2D eigenvalue weighted by Crippen LogP contribution is 2.03. The second-order valence-corrected chi connectivity index (χ2v) is 4.22. The Morgan fingerprint density at radius 3 is 2.85 bits per heavy atom. The van der Waals surface area contributed by atoms with E-state index in [0.717, 1.165) is 12.8 Å². The third-order valence-electron chi connectivity index (χ3n) is 2.50. The highest BCUT2D eigenvalue weighted by Gasteiger charge is 2.19. The maximum absolute atomic E-state index is 11.6. The summed E-state index contributed by atoms with van der Waals surface area (Å²) in [6.07, 6.45) is 6.96. The molecule has 20 heavy (non-hydrogen) atoms. The zero-order valence-electron chi connectivity index (χ0n) is 11.3. The topological polar surface area (TPSA) is 105 Å². The molecule has 0 spiro atoms. The van der Waals surface area contributed by atoms with Gasteiger partial charge in [-0.2, -0.15) is 4.98 Å². The van der Waals surface area contributed by atoms with Gasteiger partial charge in [-0.15, -0.1) is 12.3 Å². The first-order chi connectivity index (χ1) is 9.56. The molecule has 7 nitrogen and oxygen atoms in total. The third kappa shape index (κ3) is 5.10. The number of terminal acetylenes is 1. The third-order valence-corrected chi connectivity index (χ3v) is 2.50. The standard InChI is InChI=1S/C13H17N3O4/c1-3-5-9(13(18)19)14-11(17)7-8-12-15-10(6-4-2)16-20-12/h1,9H,4-8H2,2H3,(H,14,17)(H,18,19). The Hall–Kier alpha value is -2.36.